The van der Waals surface area contributed by atoms with Crippen LogP contribution in [0.15, 0.2) is 66.2 Å². The van der Waals surface area contributed by atoms with E-state index in [9.17, 15) is 24.3 Å². The van der Waals surface area contributed by atoms with E-state index in [0.29, 0.717) is 22.6 Å². The van der Waals surface area contributed by atoms with Crippen molar-refractivity contribution in [3.8, 4) is 11.5 Å². The quantitative estimate of drug-likeness (QED) is 0.367. The van der Waals surface area contributed by atoms with Gasteiger partial charge in [-0.1, -0.05) is 30.3 Å². The summed E-state index contributed by atoms with van der Waals surface area (Å²) in [6.45, 7) is 3.69. The Labute approximate surface area is 212 Å². The minimum Gasteiger partial charge on any atom is -0.493 e. The maximum atomic E-state index is 13.4. The number of rotatable bonds is 7. The van der Waals surface area contributed by atoms with Crippen molar-refractivity contribution < 1.29 is 33.8 Å². The Morgan fingerprint density at radius 2 is 1.70 bits per heavy atom. The molecule has 1 aliphatic rings. The van der Waals surface area contributed by atoms with Crippen LogP contribution in [-0.2, 0) is 16.2 Å². The largest absolute Gasteiger partial charge is 0.493 e. The zero-order valence-corrected chi connectivity index (χ0v) is 20.4. The predicted molar refractivity (Wildman–Crippen MR) is 136 cm³/mol. The Morgan fingerprint density at radius 3 is 2.38 bits per heavy atom. The molecule has 3 aromatic rings. The van der Waals surface area contributed by atoms with Gasteiger partial charge in [-0.15, -0.1) is 0 Å². The molecule has 2 N–H and O–H groups in total. The molecule has 1 aliphatic heterocycles. The van der Waals surface area contributed by atoms with Crippen LogP contribution in [0.4, 0.5) is 10.5 Å². The van der Waals surface area contributed by atoms with Crippen molar-refractivity contribution in [2.24, 2.45) is 0 Å². The molecule has 0 spiro atoms. The van der Waals surface area contributed by atoms with Crippen LogP contribution in [0.3, 0.4) is 0 Å². The molecule has 1 saturated heterocycles. The van der Waals surface area contributed by atoms with Gasteiger partial charge in [0.15, 0.2) is 11.5 Å². The molecule has 9 heteroatoms. The van der Waals surface area contributed by atoms with Crippen LogP contribution < -0.4 is 19.7 Å². The number of urea groups is 1. The third-order valence-corrected chi connectivity index (χ3v) is 5.65. The zero-order valence-electron chi connectivity index (χ0n) is 20.4. The smallest absolute Gasteiger partial charge is 0.335 e. The van der Waals surface area contributed by atoms with E-state index in [1.54, 1.807) is 42.5 Å². The molecule has 0 atom stereocenters. The Bertz CT molecular complexity index is 1440. The van der Waals surface area contributed by atoms with Gasteiger partial charge in [-0.2, -0.15) is 0 Å². The summed E-state index contributed by atoms with van der Waals surface area (Å²) in [5.41, 5.74) is 2.87. The lowest BCUT2D eigenvalue weighted by Gasteiger charge is -2.27. The number of aryl methyl sites for hydroxylation is 2. The number of ether oxygens (including phenoxy) is 2. The summed E-state index contributed by atoms with van der Waals surface area (Å²) in [4.78, 5) is 50.9. The van der Waals surface area contributed by atoms with E-state index < -0.39 is 23.8 Å². The maximum absolute atomic E-state index is 13.4. The fraction of sp³-hybridized carbons (Fsp3) is 0.143. The van der Waals surface area contributed by atoms with Gasteiger partial charge in [0.1, 0.15) is 12.2 Å². The monoisotopic (exact) mass is 500 g/mol. The second kappa shape index (κ2) is 10.4. The van der Waals surface area contributed by atoms with Crippen molar-refractivity contribution in [1.82, 2.24) is 5.32 Å². The van der Waals surface area contributed by atoms with E-state index >= 15 is 0 Å². The van der Waals surface area contributed by atoms with E-state index in [0.717, 1.165) is 16.0 Å². The SMILES string of the molecule is COc1cccc(/C=C2\C(=O)NC(=O)N(c3cc(C)cc(C)c3)C2=O)c1OCc1cccc(C(=O)O)c1. The Morgan fingerprint density at radius 1 is 1.00 bits per heavy atom. The summed E-state index contributed by atoms with van der Waals surface area (Å²) in [6.07, 6.45) is 1.34. The highest BCUT2D eigenvalue weighted by Crippen LogP contribution is 2.34. The fourth-order valence-electron chi connectivity index (χ4n) is 4.04. The Balaban J connectivity index is 1.71. The zero-order chi connectivity index (χ0) is 26.7. The van der Waals surface area contributed by atoms with Gasteiger partial charge in [0.25, 0.3) is 11.8 Å². The molecular formula is C28H24N2O7. The van der Waals surface area contributed by atoms with Gasteiger partial charge in [0.05, 0.1) is 18.4 Å². The highest BCUT2D eigenvalue weighted by atomic mass is 16.5. The number of barbiturate groups is 1. The first-order valence-electron chi connectivity index (χ1n) is 11.3. The van der Waals surface area contributed by atoms with Gasteiger partial charge < -0.3 is 14.6 Å². The van der Waals surface area contributed by atoms with E-state index in [1.807, 2.05) is 19.9 Å². The average Bonchev–Trinajstić information content (AvgIpc) is 2.85. The number of hydrogen-bond donors (Lipinski definition) is 2. The Hall–Kier alpha value is -4.92. The van der Waals surface area contributed by atoms with Crippen molar-refractivity contribution in [2.75, 3.05) is 12.0 Å². The van der Waals surface area contributed by atoms with Gasteiger partial charge in [-0.25, -0.2) is 14.5 Å². The van der Waals surface area contributed by atoms with Crippen LogP contribution in [-0.4, -0.2) is 36.0 Å². The number of anilines is 1. The van der Waals surface area contributed by atoms with Crippen LogP contribution in [0.25, 0.3) is 6.08 Å². The van der Waals surface area contributed by atoms with E-state index in [2.05, 4.69) is 5.32 Å². The highest BCUT2D eigenvalue weighted by Gasteiger charge is 2.37. The van der Waals surface area contributed by atoms with Gasteiger partial charge >= 0.3 is 12.0 Å². The van der Waals surface area contributed by atoms with Crippen LogP contribution in [0.2, 0.25) is 0 Å². The minimum atomic E-state index is -1.06. The molecule has 0 unspecified atom stereocenters. The van der Waals surface area contributed by atoms with E-state index in [-0.39, 0.29) is 23.5 Å². The van der Waals surface area contributed by atoms with Crippen LogP contribution >= 0.6 is 0 Å². The second-order valence-electron chi connectivity index (χ2n) is 8.48. The summed E-state index contributed by atoms with van der Waals surface area (Å²) < 4.78 is 11.4. The van der Waals surface area contributed by atoms with Gasteiger partial charge in [-0.05, 0) is 66.9 Å². The molecule has 9 nitrogen and oxygen atoms in total. The van der Waals surface area contributed by atoms with Crippen molar-refractivity contribution in [2.45, 2.75) is 20.5 Å². The molecule has 3 aromatic carbocycles. The number of benzene rings is 3. The fourth-order valence-corrected chi connectivity index (χ4v) is 4.04. The summed E-state index contributed by atoms with van der Waals surface area (Å²) in [5, 5.41) is 11.5. The molecule has 37 heavy (non-hydrogen) atoms. The lowest BCUT2D eigenvalue weighted by molar-refractivity contribution is -0.122. The number of nitrogens with zero attached hydrogens (tertiary/aromatic N) is 1. The second-order valence-corrected chi connectivity index (χ2v) is 8.48. The van der Waals surface area contributed by atoms with Crippen molar-refractivity contribution in [3.05, 3.63) is 94.1 Å². The van der Waals surface area contributed by atoms with Crippen LogP contribution in [0.1, 0.15) is 32.6 Å². The van der Waals surface area contributed by atoms with Crippen molar-refractivity contribution in [3.63, 3.8) is 0 Å². The Kier molecular flexibility index (Phi) is 7.06. The third-order valence-electron chi connectivity index (χ3n) is 5.65. The maximum Gasteiger partial charge on any atom is 0.335 e. The van der Waals surface area contributed by atoms with Crippen molar-refractivity contribution in [1.29, 1.82) is 0 Å². The molecule has 4 rings (SSSR count). The van der Waals surface area contributed by atoms with Gasteiger partial charge in [0, 0.05) is 5.56 Å². The highest BCUT2D eigenvalue weighted by molar-refractivity contribution is 6.39. The summed E-state index contributed by atoms with van der Waals surface area (Å²) in [5.74, 6) is -2.09. The number of carboxylic acids is 1. The summed E-state index contributed by atoms with van der Waals surface area (Å²) >= 11 is 0. The number of nitrogens with one attached hydrogen (secondary N) is 1. The topological polar surface area (TPSA) is 122 Å². The van der Waals surface area contributed by atoms with Crippen LogP contribution in [0, 0.1) is 13.8 Å². The average molecular weight is 501 g/mol. The molecule has 1 fully saturated rings. The number of hydrogen-bond acceptors (Lipinski definition) is 6. The predicted octanol–water partition coefficient (Wildman–Crippen LogP) is 4.26. The van der Waals surface area contributed by atoms with E-state index in [1.165, 1.54) is 25.3 Å². The van der Waals surface area contributed by atoms with Gasteiger partial charge in [-0.3, -0.25) is 14.9 Å². The molecule has 4 amide bonds. The van der Waals surface area contributed by atoms with E-state index in [4.69, 9.17) is 9.47 Å². The summed E-state index contributed by atoms with van der Waals surface area (Å²) in [7, 11) is 1.45. The number of amides is 4. The number of para-hydroxylation sites is 1. The number of carbonyl (C=O) groups excluding carboxylic acids is 3. The number of carbonyl (C=O) groups is 4. The lowest BCUT2D eigenvalue weighted by atomic mass is 10.0. The molecule has 0 bridgehead atoms. The molecular weight excluding hydrogens is 476 g/mol. The molecule has 0 aromatic heterocycles. The molecule has 1 heterocycles. The summed E-state index contributed by atoms with van der Waals surface area (Å²) in [6, 6.07) is 15.7. The van der Waals surface area contributed by atoms with Crippen molar-refractivity contribution >= 4 is 35.6 Å². The molecule has 0 radical (unpaired) electrons. The van der Waals surface area contributed by atoms with Gasteiger partial charge in [0.2, 0.25) is 0 Å². The first-order chi connectivity index (χ1) is 17.7. The number of methoxy groups -OCH3 is 1. The number of carboxylic acid groups (broad SMARTS) is 1. The third kappa shape index (κ3) is 5.35. The first kappa shape index (κ1) is 25.2. The standard InChI is InChI=1S/C28H24N2O7/c1-16-10-17(2)12-21(11-16)30-26(32)22(25(31)29-28(30)35)14-19-7-5-9-23(36-3)24(19)37-15-18-6-4-8-20(13-18)27(33)34/h4-14H,15H2,1-3H3,(H,33,34)(H,29,31,35)/b22-14+. The number of aromatic carboxylic acids is 1. The molecule has 0 saturated carbocycles. The minimum absolute atomic E-state index is 0.00495. The molecule has 188 valence electrons. The number of imide groups is 2. The van der Waals surface area contributed by atoms with Crippen LogP contribution in [0.5, 0.6) is 11.5 Å². The first-order valence-corrected chi connectivity index (χ1v) is 11.3. The normalized spacial score (nSPS) is 14.5. The molecule has 0 aliphatic carbocycles. The lowest BCUT2D eigenvalue weighted by Crippen LogP contribution is -2.54.